The van der Waals surface area contributed by atoms with Gasteiger partial charge in [-0.05, 0) is 28.1 Å². The number of aromatic nitrogens is 2. The maximum atomic E-state index is 11.1. The van der Waals surface area contributed by atoms with E-state index in [0.29, 0.717) is 13.0 Å². The van der Waals surface area contributed by atoms with Crippen molar-refractivity contribution in [3.05, 3.63) is 34.8 Å². The highest BCUT2D eigenvalue weighted by atomic mass is 79.9. The number of nitrogens with one attached hydrogen (secondary N) is 1. The molecule has 2 rings (SSSR count). The second-order valence-corrected chi connectivity index (χ2v) is 4.48. The zero-order chi connectivity index (χ0) is 12.3. The molecular formula is C12H14BrN3O. The molecule has 4 nitrogen and oxygen atoms in total. The lowest BCUT2D eigenvalue weighted by Crippen LogP contribution is -2.25. The fraction of sp³-hybridized carbons (Fsp3) is 0.333. The van der Waals surface area contributed by atoms with Crippen molar-refractivity contribution in [2.24, 2.45) is 0 Å². The quantitative estimate of drug-likeness (QED) is 0.940. The van der Waals surface area contributed by atoms with E-state index < -0.39 is 0 Å². The number of imidazole rings is 1. The third-order valence-electron chi connectivity index (χ3n) is 2.57. The van der Waals surface area contributed by atoms with Crippen LogP contribution in [0.3, 0.4) is 0 Å². The first-order valence-corrected chi connectivity index (χ1v) is 6.40. The van der Waals surface area contributed by atoms with Crippen molar-refractivity contribution in [1.82, 2.24) is 14.7 Å². The summed E-state index contributed by atoms with van der Waals surface area (Å²) in [4.78, 5) is 15.6. The van der Waals surface area contributed by atoms with E-state index in [9.17, 15) is 4.79 Å². The van der Waals surface area contributed by atoms with Crippen molar-refractivity contribution in [2.45, 2.75) is 19.8 Å². The van der Waals surface area contributed by atoms with Gasteiger partial charge in [0.1, 0.15) is 10.4 Å². The van der Waals surface area contributed by atoms with Gasteiger partial charge in [0.05, 0.1) is 5.52 Å². The van der Waals surface area contributed by atoms with Gasteiger partial charge in [0.25, 0.3) is 0 Å². The summed E-state index contributed by atoms with van der Waals surface area (Å²) in [5.41, 5.74) is 1.05. The molecule has 0 aliphatic heterocycles. The minimum absolute atomic E-state index is 0.0740. The molecule has 0 bridgehead atoms. The monoisotopic (exact) mass is 295 g/mol. The van der Waals surface area contributed by atoms with Crippen molar-refractivity contribution >= 4 is 27.4 Å². The van der Waals surface area contributed by atoms with Crippen LogP contribution in [0.2, 0.25) is 0 Å². The van der Waals surface area contributed by atoms with Gasteiger partial charge in [-0.15, -0.1) is 0 Å². The highest BCUT2D eigenvalue weighted by Crippen LogP contribution is 2.18. The molecule has 0 radical (unpaired) electrons. The topological polar surface area (TPSA) is 46.4 Å². The molecule has 0 spiro atoms. The summed E-state index contributed by atoms with van der Waals surface area (Å²) >= 11 is 3.43. The standard InChI is InChI=1S/C12H14BrN3O/c1-2-11(17)14-7-6-10-15-12(13)9-5-3-4-8-16(9)10/h3-5,8H,2,6-7H2,1H3,(H,14,17). The molecule has 2 aromatic heterocycles. The van der Waals surface area contributed by atoms with E-state index in [2.05, 4.69) is 26.2 Å². The van der Waals surface area contributed by atoms with Crippen LogP contribution in [0, 0.1) is 0 Å². The Labute approximate surface area is 108 Å². The van der Waals surface area contributed by atoms with E-state index in [4.69, 9.17) is 0 Å². The number of amides is 1. The first-order chi connectivity index (χ1) is 8.22. The molecule has 0 fully saturated rings. The average Bonchev–Trinajstić information content (AvgIpc) is 2.67. The predicted octanol–water partition coefficient (Wildman–Crippen LogP) is 2.17. The van der Waals surface area contributed by atoms with Crippen LogP contribution >= 0.6 is 15.9 Å². The summed E-state index contributed by atoms with van der Waals surface area (Å²) in [5.74, 6) is 1.02. The van der Waals surface area contributed by atoms with Gasteiger partial charge in [-0.1, -0.05) is 13.0 Å². The first-order valence-electron chi connectivity index (χ1n) is 5.60. The van der Waals surface area contributed by atoms with Crippen LogP contribution in [0.15, 0.2) is 29.0 Å². The Morgan fingerprint density at radius 2 is 2.35 bits per heavy atom. The van der Waals surface area contributed by atoms with Crippen molar-refractivity contribution in [2.75, 3.05) is 6.54 Å². The molecule has 0 saturated heterocycles. The van der Waals surface area contributed by atoms with Gasteiger partial charge in [-0.25, -0.2) is 4.98 Å². The zero-order valence-corrected chi connectivity index (χ0v) is 11.2. The maximum Gasteiger partial charge on any atom is 0.219 e. The van der Waals surface area contributed by atoms with Crippen LogP contribution in [-0.4, -0.2) is 21.8 Å². The molecule has 0 atom stereocenters. The molecule has 90 valence electrons. The molecule has 1 amide bonds. The lowest BCUT2D eigenvalue weighted by Gasteiger charge is -2.02. The maximum absolute atomic E-state index is 11.1. The Morgan fingerprint density at radius 3 is 3.12 bits per heavy atom. The highest BCUT2D eigenvalue weighted by Gasteiger charge is 2.07. The van der Waals surface area contributed by atoms with Crippen LogP contribution in [0.1, 0.15) is 19.2 Å². The highest BCUT2D eigenvalue weighted by molar-refractivity contribution is 9.10. The number of pyridine rings is 1. The molecule has 1 N–H and O–H groups in total. The smallest absolute Gasteiger partial charge is 0.219 e. The summed E-state index contributed by atoms with van der Waals surface area (Å²) in [7, 11) is 0. The third-order valence-corrected chi connectivity index (χ3v) is 3.15. The molecule has 0 saturated carbocycles. The van der Waals surface area contributed by atoms with Crippen LogP contribution in [0.5, 0.6) is 0 Å². The molecule has 0 aromatic carbocycles. The van der Waals surface area contributed by atoms with E-state index >= 15 is 0 Å². The molecule has 0 aliphatic carbocycles. The van der Waals surface area contributed by atoms with Crippen molar-refractivity contribution in [1.29, 1.82) is 0 Å². The number of carbonyl (C=O) groups is 1. The summed E-state index contributed by atoms with van der Waals surface area (Å²) < 4.78 is 2.87. The van der Waals surface area contributed by atoms with Gasteiger partial charge >= 0.3 is 0 Å². The van der Waals surface area contributed by atoms with Crippen LogP contribution in [-0.2, 0) is 11.2 Å². The largest absolute Gasteiger partial charge is 0.356 e. The van der Waals surface area contributed by atoms with Gasteiger partial charge < -0.3 is 9.72 Å². The number of hydrogen-bond donors (Lipinski definition) is 1. The van der Waals surface area contributed by atoms with E-state index in [1.165, 1.54) is 0 Å². The molecule has 2 heterocycles. The van der Waals surface area contributed by atoms with Crippen molar-refractivity contribution in [3.8, 4) is 0 Å². The van der Waals surface area contributed by atoms with Gasteiger partial charge in [0.2, 0.25) is 5.91 Å². The van der Waals surface area contributed by atoms with Crippen LogP contribution < -0.4 is 5.32 Å². The first kappa shape index (κ1) is 12.1. The number of fused-ring (bicyclic) bond motifs is 1. The Morgan fingerprint density at radius 1 is 1.53 bits per heavy atom. The number of carbonyl (C=O) groups excluding carboxylic acids is 1. The minimum atomic E-state index is 0.0740. The Balaban J connectivity index is 2.11. The molecule has 2 aromatic rings. The van der Waals surface area contributed by atoms with E-state index in [1.54, 1.807) is 0 Å². The Kier molecular flexibility index (Phi) is 3.78. The van der Waals surface area contributed by atoms with E-state index in [0.717, 1.165) is 22.4 Å². The third kappa shape index (κ3) is 2.66. The van der Waals surface area contributed by atoms with Crippen molar-refractivity contribution in [3.63, 3.8) is 0 Å². The van der Waals surface area contributed by atoms with Gasteiger partial charge in [0.15, 0.2) is 0 Å². The second kappa shape index (κ2) is 5.31. The Hall–Kier alpha value is -1.36. The summed E-state index contributed by atoms with van der Waals surface area (Å²) in [6, 6.07) is 5.95. The predicted molar refractivity (Wildman–Crippen MR) is 69.9 cm³/mol. The normalized spacial score (nSPS) is 10.7. The van der Waals surface area contributed by atoms with Gasteiger partial charge in [-0.3, -0.25) is 4.79 Å². The average molecular weight is 296 g/mol. The number of nitrogens with zero attached hydrogens (tertiary/aromatic N) is 2. The summed E-state index contributed by atoms with van der Waals surface area (Å²) in [5, 5.41) is 2.85. The zero-order valence-electron chi connectivity index (χ0n) is 9.61. The number of rotatable bonds is 4. The van der Waals surface area contributed by atoms with Crippen molar-refractivity contribution < 1.29 is 4.79 Å². The number of halogens is 1. The van der Waals surface area contributed by atoms with Crippen LogP contribution in [0.4, 0.5) is 0 Å². The SMILES string of the molecule is CCC(=O)NCCc1nc(Br)c2ccccn12. The summed E-state index contributed by atoms with van der Waals surface area (Å²) in [6.45, 7) is 2.46. The lowest BCUT2D eigenvalue weighted by molar-refractivity contribution is -0.120. The molecular weight excluding hydrogens is 282 g/mol. The fourth-order valence-corrected chi connectivity index (χ4v) is 2.20. The fourth-order valence-electron chi connectivity index (χ4n) is 1.68. The number of hydrogen-bond acceptors (Lipinski definition) is 2. The molecule has 5 heteroatoms. The van der Waals surface area contributed by atoms with E-state index in [-0.39, 0.29) is 5.91 Å². The van der Waals surface area contributed by atoms with E-state index in [1.807, 2.05) is 35.7 Å². The van der Waals surface area contributed by atoms with Crippen LogP contribution in [0.25, 0.3) is 5.52 Å². The minimum Gasteiger partial charge on any atom is -0.356 e. The van der Waals surface area contributed by atoms with Gasteiger partial charge in [0, 0.05) is 25.6 Å². The molecule has 0 unspecified atom stereocenters. The lowest BCUT2D eigenvalue weighted by atomic mass is 10.3. The Bertz CT molecular complexity index is 536. The van der Waals surface area contributed by atoms with Gasteiger partial charge in [-0.2, -0.15) is 0 Å². The second-order valence-electron chi connectivity index (χ2n) is 3.73. The molecule has 0 aliphatic rings. The molecule has 17 heavy (non-hydrogen) atoms. The summed E-state index contributed by atoms with van der Waals surface area (Å²) in [6.07, 6.45) is 3.22.